The molecule has 2 saturated heterocycles. The number of fused-ring (bicyclic) bond motifs is 4. The fraction of sp³-hybridized carbons (Fsp3) is 0.549. The normalized spacial score (nSPS) is 29.6. The van der Waals surface area contributed by atoms with E-state index in [2.05, 4.69) is 20.6 Å². The van der Waals surface area contributed by atoms with E-state index in [4.69, 9.17) is 39.7 Å². The summed E-state index contributed by atoms with van der Waals surface area (Å²) in [4.78, 5) is 68.2. The van der Waals surface area contributed by atoms with E-state index in [0.717, 1.165) is 44.2 Å². The van der Waals surface area contributed by atoms with Crippen molar-refractivity contribution in [2.45, 2.75) is 179 Å². The van der Waals surface area contributed by atoms with Crippen LogP contribution in [0, 0.1) is 35.4 Å². The molecular formula is C71H91ClFN5O14S. The number of benzene rings is 3. The van der Waals surface area contributed by atoms with Gasteiger partial charge >= 0.3 is 5.97 Å². The van der Waals surface area contributed by atoms with Crippen LogP contribution in [0.5, 0.6) is 5.75 Å². The Morgan fingerprint density at radius 1 is 0.892 bits per heavy atom. The highest BCUT2D eigenvalue weighted by Crippen LogP contribution is 2.40. The van der Waals surface area contributed by atoms with Gasteiger partial charge < -0.3 is 64.1 Å². The van der Waals surface area contributed by atoms with Crippen molar-refractivity contribution < 1.29 is 72.1 Å². The number of anilines is 2. The number of carbonyl (C=O) groups is 4. The molecule has 22 heteroatoms. The number of aliphatic hydroxyl groups is 4. The fourth-order valence-corrected chi connectivity index (χ4v) is 14.6. The van der Waals surface area contributed by atoms with E-state index in [9.17, 15) is 44.0 Å². The van der Waals surface area contributed by atoms with Gasteiger partial charge in [-0.3, -0.25) is 14.4 Å². The van der Waals surface area contributed by atoms with Crippen LogP contribution in [0.4, 0.5) is 15.9 Å². The van der Waals surface area contributed by atoms with Gasteiger partial charge in [-0.2, -0.15) is 11.8 Å². The van der Waals surface area contributed by atoms with Crippen LogP contribution in [0.25, 0.3) is 22.2 Å². The molecule has 0 unspecified atom stereocenters. The predicted molar refractivity (Wildman–Crippen MR) is 354 cm³/mol. The molecule has 4 aliphatic rings. The van der Waals surface area contributed by atoms with Crippen LogP contribution in [0.1, 0.15) is 123 Å². The SMILES string of the molecule is CO[C@H]1C[C@@H](C)[C@@]2(O)O[C@@H]1[C@@H](O)C[C@@H](C)C/C(C)=C/[C@@H](CCCSCCNCc1ccc(-c3ccc4ncnc(Nc5ccc(OCc6cccc(F)c6)c(Cl)c5)c4c3)o1)C(=O)C[C@H](O)[C@@H](C)[C@@H](/C(C)=C/[C@@H]1CC[C@@H](O)[C@H](OC)C1)OC(=O)[C@@H]1CCCCN1C(=O)C2=O. The molecule has 2 aromatic heterocycles. The largest absolute Gasteiger partial charge is 0.487 e. The lowest BCUT2D eigenvalue weighted by atomic mass is 9.81. The smallest absolute Gasteiger partial charge is 0.329 e. The van der Waals surface area contributed by atoms with Crippen molar-refractivity contribution in [3.8, 4) is 17.1 Å². The highest BCUT2D eigenvalue weighted by Gasteiger charge is 2.56. The number of hydrogen-bond donors (Lipinski definition) is 6. The Labute approximate surface area is 553 Å². The molecule has 93 heavy (non-hydrogen) atoms. The Kier molecular flexibility index (Phi) is 25.3. The Morgan fingerprint density at radius 3 is 2.47 bits per heavy atom. The topological polar surface area (TPSA) is 262 Å². The summed E-state index contributed by atoms with van der Waals surface area (Å²) in [6.07, 6.45) is 3.59. The van der Waals surface area contributed by atoms with Crippen molar-refractivity contribution in [2.24, 2.45) is 29.6 Å². The van der Waals surface area contributed by atoms with E-state index in [0.29, 0.717) is 104 Å². The molecule has 5 aromatic rings. The van der Waals surface area contributed by atoms with Crippen LogP contribution in [0.15, 0.2) is 107 Å². The number of thioether (sulfide) groups is 1. The molecule has 3 aliphatic heterocycles. The Morgan fingerprint density at radius 2 is 1.70 bits per heavy atom. The molecule has 2 bridgehead atoms. The summed E-state index contributed by atoms with van der Waals surface area (Å²) < 4.78 is 49.8. The highest BCUT2D eigenvalue weighted by atomic mass is 35.5. The zero-order valence-electron chi connectivity index (χ0n) is 54.3. The van der Waals surface area contributed by atoms with Crippen molar-refractivity contribution in [1.82, 2.24) is 20.2 Å². The zero-order valence-corrected chi connectivity index (χ0v) is 55.8. The molecule has 0 radical (unpaired) electrons. The number of halogens is 2. The first-order valence-electron chi connectivity index (χ1n) is 32.6. The van der Waals surface area contributed by atoms with Crippen LogP contribution < -0.4 is 15.4 Å². The summed E-state index contributed by atoms with van der Waals surface area (Å²) in [5.41, 5.74) is 4.47. The maximum absolute atomic E-state index is 14.7. The number of piperidine rings is 1. The van der Waals surface area contributed by atoms with E-state index in [1.54, 1.807) is 57.0 Å². The standard InChI is InChI=1S/C71H91ClFN5O14S/c1-41-28-42(2)30-60(82)66-64(88-7)32-44(4)71(86,92-66)67(83)69(84)78-25-9-8-15-56(78)70(85)91-65(43(3)31-46-16-21-57(79)63(34-46)87-6)45(5)58(80)37-59(81)48(29-41)13-11-26-93-27-24-74-38-52-19-23-61(90-52)49-17-20-55-53(35-49)68(76-40-75-55)77-51-18-22-62(54(72)36-51)89-39-47-12-10-14-50(73)33-47/h10,12,14,17-20,22-23,29,31,33,35-36,40,42,44-46,48,56-58,60,63-66,74,79-80,82,86H,8-9,11,13,15-16,21,24-28,30,32,34,37-39H2,1-7H3,(H,75,76,77)/b41-29+,43-31+/t42-,44+,45+,46-,48+,56-,57+,58-,60-,63+,64-,65+,66+,71+/m0/s1. The quantitative estimate of drug-likeness (QED) is 0.0194. The molecule has 3 aromatic carbocycles. The Balaban J connectivity index is 0.841. The van der Waals surface area contributed by atoms with Gasteiger partial charge in [-0.05, 0) is 174 Å². The summed E-state index contributed by atoms with van der Waals surface area (Å²) >= 11 is 8.37. The second-order valence-electron chi connectivity index (χ2n) is 25.9. The predicted octanol–water partition coefficient (Wildman–Crippen LogP) is 11.0. The number of aromatic nitrogens is 2. The van der Waals surface area contributed by atoms with Gasteiger partial charge in [-0.1, -0.05) is 62.2 Å². The van der Waals surface area contributed by atoms with Gasteiger partial charge in [0.25, 0.3) is 11.7 Å². The lowest BCUT2D eigenvalue weighted by Gasteiger charge is -2.46. The number of rotatable bonds is 19. The number of cyclic esters (lactones) is 1. The number of nitrogens with zero attached hydrogens (tertiary/aromatic N) is 3. The first-order valence-corrected chi connectivity index (χ1v) is 34.2. The van der Waals surface area contributed by atoms with Crippen molar-refractivity contribution >= 4 is 69.2 Å². The lowest BCUT2D eigenvalue weighted by molar-refractivity contribution is -0.301. The summed E-state index contributed by atoms with van der Waals surface area (Å²) in [6, 6.07) is 20.0. The monoisotopic (exact) mass is 1320 g/mol. The molecule has 6 N–H and O–H groups in total. The van der Waals surface area contributed by atoms with Gasteiger partial charge in [0.15, 0.2) is 0 Å². The van der Waals surface area contributed by atoms with E-state index in [1.807, 2.05) is 69.3 Å². The maximum Gasteiger partial charge on any atom is 0.329 e. The number of allylic oxidation sites excluding steroid dienone is 3. The first kappa shape index (κ1) is 71.2. The summed E-state index contributed by atoms with van der Waals surface area (Å²) in [5.74, 6) is -4.78. The van der Waals surface area contributed by atoms with Crippen LogP contribution in [-0.2, 0) is 51.3 Å². The zero-order chi connectivity index (χ0) is 66.5. The molecule has 9 rings (SSSR count). The number of ether oxygens (including phenoxy) is 5. The van der Waals surface area contributed by atoms with Gasteiger partial charge in [0.05, 0.1) is 47.6 Å². The molecule has 1 amide bonds. The second kappa shape index (κ2) is 33.0. The van der Waals surface area contributed by atoms with Gasteiger partial charge in [-0.25, -0.2) is 19.2 Å². The third kappa shape index (κ3) is 18.3. The van der Waals surface area contributed by atoms with Gasteiger partial charge in [0.2, 0.25) is 5.79 Å². The van der Waals surface area contributed by atoms with Gasteiger partial charge in [0.1, 0.15) is 65.9 Å². The van der Waals surface area contributed by atoms with Crippen molar-refractivity contribution in [2.75, 3.05) is 44.1 Å². The van der Waals surface area contributed by atoms with E-state index in [1.165, 1.54) is 25.6 Å². The molecular weight excluding hydrogens is 1230 g/mol. The minimum atomic E-state index is -2.63. The number of methoxy groups -OCH3 is 2. The number of amides is 1. The van der Waals surface area contributed by atoms with E-state index in [-0.39, 0.29) is 62.3 Å². The first-order chi connectivity index (χ1) is 44.6. The minimum Gasteiger partial charge on any atom is -0.487 e. The summed E-state index contributed by atoms with van der Waals surface area (Å²) in [5, 5.41) is 54.7. The number of carbonyl (C=O) groups excluding carboxylic acids is 4. The van der Waals surface area contributed by atoms with Gasteiger partial charge in [0, 0.05) is 73.9 Å². The van der Waals surface area contributed by atoms with Crippen molar-refractivity contribution in [1.29, 1.82) is 0 Å². The number of aliphatic hydroxyl groups excluding tert-OH is 3. The highest BCUT2D eigenvalue weighted by molar-refractivity contribution is 7.99. The van der Waals surface area contributed by atoms with Crippen LogP contribution in [-0.4, -0.2) is 152 Å². The van der Waals surface area contributed by atoms with Crippen LogP contribution >= 0.6 is 23.4 Å². The third-order valence-electron chi connectivity index (χ3n) is 18.8. The molecule has 1 saturated carbocycles. The number of hydrogen-bond acceptors (Lipinski definition) is 19. The van der Waals surface area contributed by atoms with Crippen LogP contribution in [0.2, 0.25) is 5.02 Å². The number of furan rings is 1. The lowest BCUT2D eigenvalue weighted by Crippen LogP contribution is -2.64. The average Bonchev–Trinajstić information content (AvgIpc) is 1.92. The molecule has 0 spiro atoms. The van der Waals surface area contributed by atoms with E-state index < -0.39 is 90.0 Å². The average molecular weight is 1330 g/mol. The summed E-state index contributed by atoms with van der Waals surface area (Å²) in [6.45, 7) is 10.4. The molecule has 1 aliphatic carbocycles. The summed E-state index contributed by atoms with van der Waals surface area (Å²) in [7, 11) is 3.02. The third-order valence-corrected chi connectivity index (χ3v) is 20.1. The van der Waals surface area contributed by atoms with Crippen molar-refractivity contribution in [3.05, 3.63) is 125 Å². The number of ketones is 2. The molecule has 3 fully saturated rings. The molecule has 504 valence electrons. The minimum absolute atomic E-state index is 0.0359. The number of nitrogens with one attached hydrogen (secondary N) is 2. The van der Waals surface area contributed by atoms with Crippen LogP contribution in [0.3, 0.4) is 0 Å². The Bertz CT molecular complexity index is 3440. The van der Waals surface area contributed by atoms with Crippen molar-refractivity contribution in [3.63, 3.8) is 0 Å². The fourth-order valence-electron chi connectivity index (χ4n) is 13.5. The number of Topliss-reactive ketones (excluding diaryl/α,β-unsaturated/α-hetero) is 2. The molecule has 14 atom stereocenters. The van der Waals surface area contributed by atoms with Gasteiger partial charge in [-0.15, -0.1) is 0 Å². The second-order valence-corrected chi connectivity index (χ2v) is 27.5. The maximum atomic E-state index is 14.7. The molecule has 5 heterocycles. The number of esters is 1. The Hall–Kier alpha value is -6.11. The van der Waals surface area contributed by atoms with E-state index >= 15 is 0 Å². The molecule has 19 nitrogen and oxygen atoms in total.